The molecule has 2 aliphatic rings. The fraction of sp³-hybridized carbons (Fsp3) is 0.500. The summed E-state index contributed by atoms with van der Waals surface area (Å²) in [6, 6.07) is 2.85. The Morgan fingerprint density at radius 1 is 0.833 bits per heavy atom. The van der Waals surface area contributed by atoms with Crippen LogP contribution < -0.4 is 15.2 Å². The second-order valence-corrected chi connectivity index (χ2v) is 8.44. The number of nitrogens with one attached hydrogen (secondary N) is 1. The molecule has 3 heterocycles. The maximum atomic E-state index is 9.99. The van der Waals surface area contributed by atoms with Crippen LogP contribution in [0.15, 0.2) is 21.7 Å². The number of aromatic hydroxyl groups is 2. The molecule has 0 spiro atoms. The number of phenols is 2. The van der Waals surface area contributed by atoms with Gasteiger partial charge in [-0.15, -0.1) is 0 Å². The predicted octanol–water partition coefficient (Wildman–Crippen LogP) is 3.47. The molecule has 0 aliphatic carbocycles. The van der Waals surface area contributed by atoms with Crippen molar-refractivity contribution in [3.05, 3.63) is 22.2 Å². The van der Waals surface area contributed by atoms with Crippen LogP contribution in [0.5, 0.6) is 11.5 Å². The number of aromatic nitrogens is 3. The van der Waals surface area contributed by atoms with Crippen molar-refractivity contribution in [2.75, 3.05) is 41.4 Å². The van der Waals surface area contributed by atoms with Gasteiger partial charge in [0.15, 0.2) is 0 Å². The molecule has 2 aliphatic heterocycles. The van der Waals surface area contributed by atoms with E-state index in [-0.39, 0.29) is 11.5 Å². The lowest BCUT2D eigenvalue weighted by Crippen LogP contribution is -2.34. The summed E-state index contributed by atoms with van der Waals surface area (Å²) < 4.78 is 0.474. The Kier molecular flexibility index (Phi) is 6.51. The third-order valence-electron chi connectivity index (χ3n) is 5.35. The average Bonchev–Trinajstić information content (AvgIpc) is 2.78. The minimum atomic E-state index is -0.0695. The Hall–Kier alpha value is -2.62. The zero-order valence-electron chi connectivity index (χ0n) is 16.8. The van der Waals surface area contributed by atoms with E-state index in [0.717, 1.165) is 51.9 Å². The number of anilines is 3. The van der Waals surface area contributed by atoms with Crippen LogP contribution >= 0.6 is 15.9 Å². The van der Waals surface area contributed by atoms with Gasteiger partial charge in [-0.3, -0.25) is 0 Å². The molecule has 0 amide bonds. The first-order valence-electron chi connectivity index (χ1n) is 10.4. The monoisotopic (exact) mass is 475 g/mol. The van der Waals surface area contributed by atoms with E-state index in [1.54, 1.807) is 6.07 Å². The molecule has 3 N–H and O–H groups in total. The first kappa shape index (κ1) is 20.6. The first-order valence-corrected chi connectivity index (χ1v) is 11.2. The van der Waals surface area contributed by atoms with Crippen LogP contribution in [0.4, 0.5) is 17.8 Å². The van der Waals surface area contributed by atoms with E-state index < -0.39 is 0 Å². The van der Waals surface area contributed by atoms with Crippen LogP contribution in [0.1, 0.15) is 44.1 Å². The molecule has 1 aromatic heterocycles. The molecule has 0 unspecified atom stereocenters. The van der Waals surface area contributed by atoms with Gasteiger partial charge < -0.3 is 20.0 Å². The lowest BCUT2D eigenvalue weighted by Gasteiger charge is -2.30. The number of piperidine rings is 2. The van der Waals surface area contributed by atoms with Crippen molar-refractivity contribution in [2.45, 2.75) is 38.5 Å². The highest BCUT2D eigenvalue weighted by molar-refractivity contribution is 9.10. The molecule has 0 radical (unpaired) electrons. The molecule has 10 heteroatoms. The number of benzene rings is 1. The normalized spacial score (nSPS) is 17.5. The second-order valence-electron chi connectivity index (χ2n) is 7.59. The Bertz CT molecular complexity index is 876. The van der Waals surface area contributed by atoms with Crippen molar-refractivity contribution >= 4 is 40.0 Å². The number of hydrazone groups is 1. The van der Waals surface area contributed by atoms with Crippen LogP contribution in [0.25, 0.3) is 0 Å². The topological polar surface area (TPSA) is 110 Å². The molecular formula is C20H26BrN7O2. The third kappa shape index (κ3) is 4.92. The standard InChI is InChI=1S/C20H26BrN7O2/c21-15-11-14(16(29)12-17(15)30)13-22-26-18-23-19(27-7-3-1-4-8-27)25-20(24-18)28-9-5-2-6-10-28/h11-13,29-30H,1-10H2,(H,23,24,25,26)/b22-13-. The summed E-state index contributed by atoms with van der Waals surface area (Å²) in [5.41, 5.74) is 3.33. The predicted molar refractivity (Wildman–Crippen MR) is 121 cm³/mol. The van der Waals surface area contributed by atoms with Gasteiger partial charge in [-0.05, 0) is 60.5 Å². The summed E-state index contributed by atoms with van der Waals surface area (Å²) in [6.45, 7) is 3.78. The summed E-state index contributed by atoms with van der Waals surface area (Å²) in [6.07, 6.45) is 8.50. The minimum Gasteiger partial charge on any atom is -0.507 e. The first-order chi connectivity index (χ1) is 14.6. The summed E-state index contributed by atoms with van der Waals surface area (Å²) in [5, 5.41) is 23.8. The van der Waals surface area contributed by atoms with E-state index in [1.807, 2.05) is 0 Å². The van der Waals surface area contributed by atoms with E-state index >= 15 is 0 Å². The summed E-state index contributed by atoms with van der Waals surface area (Å²) >= 11 is 3.24. The molecule has 2 aromatic rings. The minimum absolute atomic E-state index is 0.0348. The van der Waals surface area contributed by atoms with Crippen LogP contribution in [-0.4, -0.2) is 57.6 Å². The third-order valence-corrected chi connectivity index (χ3v) is 5.99. The quantitative estimate of drug-likeness (QED) is 0.445. The SMILES string of the molecule is Oc1cc(O)c(/C=N\Nc2nc(N3CCCCC3)nc(N3CCCCC3)n2)cc1Br. The molecule has 9 nitrogen and oxygen atoms in total. The van der Waals surface area contributed by atoms with Crippen LogP contribution in [0.3, 0.4) is 0 Å². The number of hydrogen-bond donors (Lipinski definition) is 3. The number of rotatable bonds is 5. The zero-order valence-corrected chi connectivity index (χ0v) is 18.3. The van der Waals surface area contributed by atoms with Crippen molar-refractivity contribution in [2.24, 2.45) is 5.10 Å². The molecule has 0 atom stereocenters. The Labute approximate surface area is 184 Å². The highest BCUT2D eigenvalue weighted by Gasteiger charge is 2.20. The molecule has 30 heavy (non-hydrogen) atoms. The van der Waals surface area contributed by atoms with E-state index in [4.69, 9.17) is 4.98 Å². The highest BCUT2D eigenvalue weighted by Crippen LogP contribution is 2.30. The molecule has 4 rings (SSSR count). The van der Waals surface area contributed by atoms with Gasteiger partial charge in [-0.1, -0.05) is 0 Å². The molecule has 2 fully saturated rings. The largest absolute Gasteiger partial charge is 0.507 e. The highest BCUT2D eigenvalue weighted by atomic mass is 79.9. The summed E-state index contributed by atoms with van der Waals surface area (Å²) in [5.74, 6) is 1.63. The van der Waals surface area contributed by atoms with E-state index in [1.165, 1.54) is 25.1 Å². The maximum absolute atomic E-state index is 9.99. The lowest BCUT2D eigenvalue weighted by atomic mass is 10.1. The zero-order chi connectivity index (χ0) is 20.9. The Morgan fingerprint density at radius 3 is 1.97 bits per heavy atom. The van der Waals surface area contributed by atoms with E-state index in [2.05, 4.69) is 46.2 Å². The number of nitrogens with zero attached hydrogens (tertiary/aromatic N) is 6. The summed E-state index contributed by atoms with van der Waals surface area (Å²) in [7, 11) is 0. The van der Waals surface area contributed by atoms with Crippen molar-refractivity contribution in [1.29, 1.82) is 0 Å². The average molecular weight is 476 g/mol. The molecular weight excluding hydrogens is 450 g/mol. The van der Waals surface area contributed by atoms with Crippen molar-refractivity contribution in [3.63, 3.8) is 0 Å². The lowest BCUT2D eigenvalue weighted by molar-refractivity contribution is 0.448. The fourth-order valence-electron chi connectivity index (χ4n) is 3.70. The van der Waals surface area contributed by atoms with Gasteiger partial charge in [0, 0.05) is 37.8 Å². The maximum Gasteiger partial charge on any atom is 0.250 e. The molecule has 1 aromatic carbocycles. The van der Waals surface area contributed by atoms with Gasteiger partial charge in [-0.25, -0.2) is 5.43 Å². The van der Waals surface area contributed by atoms with Gasteiger partial charge in [0.2, 0.25) is 17.8 Å². The Morgan fingerprint density at radius 2 is 1.40 bits per heavy atom. The van der Waals surface area contributed by atoms with Crippen molar-refractivity contribution < 1.29 is 10.2 Å². The number of phenolic OH excluding ortho intramolecular Hbond substituents is 2. The molecule has 2 saturated heterocycles. The van der Waals surface area contributed by atoms with Crippen LogP contribution in [0, 0.1) is 0 Å². The van der Waals surface area contributed by atoms with Gasteiger partial charge in [0.1, 0.15) is 11.5 Å². The van der Waals surface area contributed by atoms with E-state index in [0.29, 0.717) is 27.9 Å². The van der Waals surface area contributed by atoms with Crippen molar-refractivity contribution in [3.8, 4) is 11.5 Å². The van der Waals surface area contributed by atoms with Gasteiger partial charge in [-0.2, -0.15) is 20.1 Å². The van der Waals surface area contributed by atoms with Crippen molar-refractivity contribution in [1.82, 2.24) is 15.0 Å². The molecule has 0 bridgehead atoms. The fourth-order valence-corrected chi connectivity index (χ4v) is 4.06. The number of hydrogen-bond acceptors (Lipinski definition) is 9. The van der Waals surface area contributed by atoms with Crippen LogP contribution in [-0.2, 0) is 0 Å². The van der Waals surface area contributed by atoms with Gasteiger partial charge in [0.05, 0.1) is 10.7 Å². The van der Waals surface area contributed by atoms with E-state index in [9.17, 15) is 10.2 Å². The van der Waals surface area contributed by atoms with Crippen LogP contribution in [0.2, 0.25) is 0 Å². The molecule has 0 saturated carbocycles. The number of halogens is 1. The van der Waals surface area contributed by atoms with Gasteiger partial charge >= 0.3 is 0 Å². The molecule has 160 valence electrons. The van der Waals surface area contributed by atoms with Gasteiger partial charge in [0.25, 0.3) is 0 Å². The smallest absolute Gasteiger partial charge is 0.250 e. The summed E-state index contributed by atoms with van der Waals surface area (Å²) in [4.78, 5) is 18.3. The second kappa shape index (κ2) is 9.46. The Balaban J connectivity index is 1.57.